The van der Waals surface area contributed by atoms with Crippen LogP contribution in [-0.4, -0.2) is 58.8 Å². The maximum Gasteiger partial charge on any atom is 0.278 e. The predicted octanol–water partition coefficient (Wildman–Crippen LogP) is 3.62. The van der Waals surface area contributed by atoms with E-state index in [9.17, 15) is 9.59 Å². The molecule has 2 fully saturated rings. The van der Waals surface area contributed by atoms with Crippen molar-refractivity contribution in [3.8, 4) is 0 Å². The van der Waals surface area contributed by atoms with Crippen molar-refractivity contribution in [2.24, 2.45) is 0 Å². The summed E-state index contributed by atoms with van der Waals surface area (Å²) in [6.07, 6.45) is 6.99. The molecule has 166 valence electrons. The number of amides is 2. The Hall–Kier alpha value is -3.15. The molecule has 0 spiro atoms. The fraction of sp³-hybridized carbons (Fsp3) is 0.423. The van der Waals surface area contributed by atoms with Crippen LogP contribution in [0.25, 0.3) is 5.57 Å². The van der Waals surface area contributed by atoms with Crippen LogP contribution in [0.4, 0.5) is 5.82 Å². The second-order valence-electron chi connectivity index (χ2n) is 9.02. The second kappa shape index (κ2) is 8.77. The van der Waals surface area contributed by atoms with Gasteiger partial charge < -0.3 is 9.80 Å². The van der Waals surface area contributed by atoms with E-state index in [1.165, 1.54) is 6.42 Å². The number of aryl methyl sites for hydroxylation is 1. The quantitative estimate of drug-likeness (QED) is 0.694. The molecule has 0 unspecified atom stereocenters. The Morgan fingerprint density at radius 1 is 0.812 bits per heavy atom. The molecule has 3 heterocycles. The van der Waals surface area contributed by atoms with Crippen LogP contribution in [-0.2, 0) is 9.59 Å². The van der Waals surface area contributed by atoms with Crippen LogP contribution in [0.15, 0.2) is 54.4 Å². The van der Waals surface area contributed by atoms with E-state index in [1.807, 2.05) is 49.4 Å². The normalized spacial score (nSPS) is 20.5. The van der Waals surface area contributed by atoms with Crippen molar-refractivity contribution in [1.82, 2.24) is 14.8 Å². The molecule has 32 heavy (non-hydrogen) atoms. The van der Waals surface area contributed by atoms with Crippen LogP contribution in [0.2, 0.25) is 0 Å². The van der Waals surface area contributed by atoms with E-state index in [1.54, 1.807) is 11.1 Å². The molecular formula is C26H30N4O2. The summed E-state index contributed by atoms with van der Waals surface area (Å²) in [5, 5.41) is 0. The number of anilines is 1. The minimum absolute atomic E-state index is 0.0245. The van der Waals surface area contributed by atoms with Crippen molar-refractivity contribution in [3.63, 3.8) is 0 Å². The minimum Gasteiger partial charge on any atom is -0.363 e. The standard InChI is InChI=1S/C26H30N4O2/c1-19-10-12-20(13-11-19)23-24(26(32)30(25(23)31)21-7-3-2-4-8-21)29-17-15-28(16-18-29)22-9-5-6-14-27-22/h5-6,9-14,21H,2-4,7-8,15-18H2,1H3. The largest absolute Gasteiger partial charge is 0.363 e. The lowest BCUT2D eigenvalue weighted by Gasteiger charge is -2.37. The summed E-state index contributed by atoms with van der Waals surface area (Å²) in [5.41, 5.74) is 3.15. The number of rotatable bonds is 4. The summed E-state index contributed by atoms with van der Waals surface area (Å²) >= 11 is 0. The lowest BCUT2D eigenvalue weighted by Crippen LogP contribution is -2.49. The zero-order valence-electron chi connectivity index (χ0n) is 18.7. The highest BCUT2D eigenvalue weighted by Crippen LogP contribution is 2.36. The molecule has 2 aromatic rings. The van der Waals surface area contributed by atoms with E-state index in [2.05, 4.69) is 14.8 Å². The smallest absolute Gasteiger partial charge is 0.278 e. The van der Waals surface area contributed by atoms with Crippen LogP contribution in [0.1, 0.15) is 43.2 Å². The zero-order chi connectivity index (χ0) is 22.1. The predicted molar refractivity (Wildman–Crippen MR) is 125 cm³/mol. The molecule has 0 atom stereocenters. The minimum atomic E-state index is -0.118. The molecule has 2 amide bonds. The van der Waals surface area contributed by atoms with Gasteiger partial charge in [-0.1, -0.05) is 55.2 Å². The van der Waals surface area contributed by atoms with E-state index in [0.29, 0.717) is 24.4 Å². The highest BCUT2D eigenvalue weighted by molar-refractivity contribution is 6.35. The Morgan fingerprint density at radius 3 is 2.16 bits per heavy atom. The Balaban J connectivity index is 1.45. The Morgan fingerprint density at radius 2 is 1.50 bits per heavy atom. The third-order valence-electron chi connectivity index (χ3n) is 6.94. The van der Waals surface area contributed by atoms with Crippen molar-refractivity contribution >= 4 is 23.2 Å². The first-order valence-corrected chi connectivity index (χ1v) is 11.7. The average Bonchev–Trinajstić information content (AvgIpc) is 3.10. The van der Waals surface area contributed by atoms with Crippen LogP contribution in [0, 0.1) is 6.92 Å². The number of pyridine rings is 1. The third-order valence-corrected chi connectivity index (χ3v) is 6.94. The molecule has 1 aromatic carbocycles. The van der Waals surface area contributed by atoms with Gasteiger partial charge in [0.2, 0.25) is 0 Å². The molecule has 6 nitrogen and oxygen atoms in total. The van der Waals surface area contributed by atoms with Crippen molar-refractivity contribution in [3.05, 3.63) is 65.5 Å². The van der Waals surface area contributed by atoms with Crippen LogP contribution >= 0.6 is 0 Å². The number of carbonyl (C=O) groups is 2. The maximum atomic E-state index is 13.7. The first-order chi connectivity index (χ1) is 15.6. The topological polar surface area (TPSA) is 56.8 Å². The summed E-state index contributed by atoms with van der Waals surface area (Å²) in [7, 11) is 0. The number of aromatic nitrogens is 1. The highest BCUT2D eigenvalue weighted by atomic mass is 16.2. The second-order valence-corrected chi connectivity index (χ2v) is 9.02. The number of imide groups is 1. The van der Waals surface area contributed by atoms with Gasteiger partial charge in [-0.3, -0.25) is 14.5 Å². The van der Waals surface area contributed by atoms with E-state index < -0.39 is 0 Å². The fourth-order valence-electron chi connectivity index (χ4n) is 5.18. The summed E-state index contributed by atoms with van der Waals surface area (Å²) in [6, 6.07) is 13.9. The van der Waals surface area contributed by atoms with Gasteiger partial charge in [-0.25, -0.2) is 4.98 Å². The number of benzene rings is 1. The van der Waals surface area contributed by atoms with Gasteiger partial charge >= 0.3 is 0 Å². The van der Waals surface area contributed by atoms with E-state index in [0.717, 1.165) is 55.7 Å². The molecule has 3 aliphatic rings. The van der Waals surface area contributed by atoms with E-state index >= 15 is 0 Å². The van der Waals surface area contributed by atoms with Crippen molar-refractivity contribution in [2.45, 2.75) is 45.1 Å². The van der Waals surface area contributed by atoms with Gasteiger partial charge in [-0.2, -0.15) is 0 Å². The molecule has 1 aromatic heterocycles. The van der Waals surface area contributed by atoms with Gasteiger partial charge in [0.05, 0.1) is 5.57 Å². The Labute approximate surface area is 189 Å². The van der Waals surface area contributed by atoms with Gasteiger partial charge in [0.1, 0.15) is 11.5 Å². The van der Waals surface area contributed by atoms with Crippen LogP contribution < -0.4 is 4.90 Å². The first-order valence-electron chi connectivity index (χ1n) is 11.7. The molecule has 0 bridgehead atoms. The van der Waals surface area contributed by atoms with E-state index in [4.69, 9.17) is 0 Å². The average molecular weight is 431 g/mol. The molecule has 1 saturated carbocycles. The van der Waals surface area contributed by atoms with Crippen molar-refractivity contribution in [2.75, 3.05) is 31.1 Å². The molecule has 0 radical (unpaired) electrons. The fourth-order valence-corrected chi connectivity index (χ4v) is 5.18. The first kappa shape index (κ1) is 20.7. The summed E-state index contributed by atoms with van der Waals surface area (Å²) in [4.78, 5) is 37.7. The van der Waals surface area contributed by atoms with Gasteiger partial charge in [0, 0.05) is 38.4 Å². The van der Waals surface area contributed by atoms with Crippen molar-refractivity contribution < 1.29 is 9.59 Å². The number of piperazine rings is 1. The van der Waals surface area contributed by atoms with Gasteiger partial charge in [-0.05, 0) is 37.5 Å². The monoisotopic (exact) mass is 430 g/mol. The lowest BCUT2D eigenvalue weighted by atomic mass is 9.94. The third kappa shape index (κ3) is 3.78. The highest BCUT2D eigenvalue weighted by Gasteiger charge is 2.45. The van der Waals surface area contributed by atoms with E-state index in [-0.39, 0.29) is 17.9 Å². The van der Waals surface area contributed by atoms with Gasteiger partial charge in [0.15, 0.2) is 0 Å². The van der Waals surface area contributed by atoms with Gasteiger partial charge in [-0.15, -0.1) is 0 Å². The summed E-state index contributed by atoms with van der Waals surface area (Å²) in [6.45, 7) is 4.96. The molecule has 1 aliphatic carbocycles. The number of hydrogen-bond acceptors (Lipinski definition) is 5. The molecule has 2 aliphatic heterocycles. The Bertz CT molecular complexity index is 1020. The molecule has 6 heteroatoms. The summed E-state index contributed by atoms with van der Waals surface area (Å²) in [5.74, 6) is 0.731. The SMILES string of the molecule is Cc1ccc(C2=C(N3CCN(c4ccccn4)CC3)C(=O)N(C3CCCCC3)C2=O)cc1. The molecule has 5 rings (SSSR count). The maximum absolute atomic E-state index is 13.7. The molecule has 0 N–H and O–H groups in total. The number of carbonyl (C=O) groups excluding carboxylic acids is 2. The number of hydrogen-bond donors (Lipinski definition) is 0. The Kier molecular flexibility index (Phi) is 5.68. The zero-order valence-corrected chi connectivity index (χ0v) is 18.7. The summed E-state index contributed by atoms with van der Waals surface area (Å²) < 4.78 is 0. The molecule has 1 saturated heterocycles. The molecular weight excluding hydrogens is 400 g/mol. The lowest BCUT2D eigenvalue weighted by molar-refractivity contribution is -0.141. The van der Waals surface area contributed by atoms with Crippen LogP contribution in [0.5, 0.6) is 0 Å². The van der Waals surface area contributed by atoms with Crippen molar-refractivity contribution in [1.29, 1.82) is 0 Å². The van der Waals surface area contributed by atoms with Gasteiger partial charge in [0.25, 0.3) is 11.8 Å². The van der Waals surface area contributed by atoms with Crippen LogP contribution in [0.3, 0.4) is 0 Å². The number of nitrogens with zero attached hydrogens (tertiary/aromatic N) is 4.